The minimum atomic E-state index is -1.17. The van der Waals surface area contributed by atoms with Gasteiger partial charge in [0.1, 0.15) is 0 Å². The zero-order valence-electron chi connectivity index (χ0n) is 17.5. The molecular weight excluding hydrogens is 479 g/mol. The van der Waals surface area contributed by atoms with Gasteiger partial charge in [-0.2, -0.15) is 0 Å². The van der Waals surface area contributed by atoms with Crippen LogP contribution in [0.4, 0.5) is 0 Å². The zero-order valence-corrected chi connectivity index (χ0v) is 20.0. The van der Waals surface area contributed by atoms with E-state index in [1.165, 1.54) is 15.6 Å². The third kappa shape index (κ3) is 4.20. The second-order valence-corrected chi connectivity index (χ2v) is 10.7. The quantitative estimate of drug-likeness (QED) is 0.319. The molecule has 1 nitrogen and oxygen atoms in total. The molecule has 1 aliphatic carbocycles. The second-order valence-electron chi connectivity index (χ2n) is 8.02. The summed E-state index contributed by atoms with van der Waals surface area (Å²) in [5.41, 5.74) is 3.25. The van der Waals surface area contributed by atoms with E-state index in [4.69, 9.17) is 11.6 Å². The first-order chi connectivity index (χ1) is 15.7. The minimum absolute atomic E-state index is 0.0296. The summed E-state index contributed by atoms with van der Waals surface area (Å²) in [6, 6.07) is 38.8. The van der Waals surface area contributed by atoms with Crippen LogP contribution in [0, 0.1) is 0 Å². The normalized spacial score (nSPS) is 17.1. The van der Waals surface area contributed by atoms with E-state index in [1.807, 2.05) is 78.9 Å². The summed E-state index contributed by atoms with van der Waals surface area (Å²) in [5, 5.41) is 13.3. The van der Waals surface area contributed by atoms with E-state index in [0.29, 0.717) is 5.92 Å². The average molecular weight is 502 g/mol. The Morgan fingerprint density at radius 1 is 0.719 bits per heavy atom. The van der Waals surface area contributed by atoms with Gasteiger partial charge in [0.25, 0.3) is 0 Å². The molecule has 0 aromatic heterocycles. The van der Waals surface area contributed by atoms with Crippen LogP contribution in [0.25, 0.3) is 0 Å². The SMILES string of the molecule is OC(/C([Se]c1ccccc1)=C1/CC1c1ccc(Cl)cc1)(c1ccccc1)c1ccccc1. The Bertz CT molecular complexity index is 1180. The second kappa shape index (κ2) is 9.10. The first kappa shape index (κ1) is 21.2. The van der Waals surface area contributed by atoms with Crippen molar-refractivity contribution < 1.29 is 5.11 Å². The first-order valence-corrected chi connectivity index (χ1v) is 12.8. The van der Waals surface area contributed by atoms with Gasteiger partial charge >= 0.3 is 201 Å². The Morgan fingerprint density at radius 2 is 1.22 bits per heavy atom. The molecule has 0 heterocycles. The van der Waals surface area contributed by atoms with Crippen LogP contribution in [0.1, 0.15) is 29.0 Å². The molecule has 1 saturated carbocycles. The van der Waals surface area contributed by atoms with Crippen LogP contribution < -0.4 is 4.46 Å². The Morgan fingerprint density at radius 3 is 1.75 bits per heavy atom. The summed E-state index contributed by atoms with van der Waals surface area (Å²) < 4.78 is 2.39. The van der Waals surface area contributed by atoms with Crippen LogP contribution in [-0.2, 0) is 5.60 Å². The Kier molecular flexibility index (Phi) is 6.04. The van der Waals surface area contributed by atoms with E-state index in [2.05, 4.69) is 36.4 Å². The number of hydrogen-bond donors (Lipinski definition) is 1. The van der Waals surface area contributed by atoms with Gasteiger partial charge in [-0.05, 0) is 0 Å². The van der Waals surface area contributed by atoms with Gasteiger partial charge < -0.3 is 0 Å². The van der Waals surface area contributed by atoms with Crippen molar-refractivity contribution in [2.24, 2.45) is 0 Å². The molecule has 4 aromatic rings. The van der Waals surface area contributed by atoms with Crippen LogP contribution in [0.5, 0.6) is 0 Å². The molecule has 158 valence electrons. The van der Waals surface area contributed by atoms with Crippen LogP contribution in [0.3, 0.4) is 0 Å². The number of benzene rings is 4. The van der Waals surface area contributed by atoms with E-state index in [-0.39, 0.29) is 15.0 Å². The van der Waals surface area contributed by atoms with Gasteiger partial charge in [-0.15, -0.1) is 0 Å². The third-order valence-corrected chi connectivity index (χ3v) is 8.84. The Balaban J connectivity index is 1.68. The summed E-state index contributed by atoms with van der Waals surface area (Å²) in [6.45, 7) is 0. The molecule has 0 saturated heterocycles. The van der Waals surface area contributed by atoms with E-state index in [1.54, 1.807) is 0 Å². The molecule has 5 rings (SSSR count). The predicted octanol–water partition coefficient (Wildman–Crippen LogP) is 6.05. The van der Waals surface area contributed by atoms with Crippen LogP contribution in [-0.4, -0.2) is 20.1 Å². The van der Waals surface area contributed by atoms with E-state index >= 15 is 0 Å². The zero-order chi connectivity index (χ0) is 22.0. The molecule has 0 radical (unpaired) electrons. The van der Waals surface area contributed by atoms with Crippen molar-refractivity contribution in [1.29, 1.82) is 0 Å². The number of aliphatic hydroxyl groups is 1. The van der Waals surface area contributed by atoms with Crippen molar-refractivity contribution in [2.75, 3.05) is 0 Å². The summed E-state index contributed by atoms with van der Waals surface area (Å²) in [7, 11) is 0. The van der Waals surface area contributed by atoms with Crippen LogP contribution in [0.15, 0.2) is 125 Å². The molecule has 4 aromatic carbocycles. The molecular formula is C29H23ClOSe. The fraction of sp³-hybridized carbons (Fsp3) is 0.103. The summed E-state index contributed by atoms with van der Waals surface area (Å²) in [5.74, 6) is 0.326. The molecule has 1 aliphatic rings. The van der Waals surface area contributed by atoms with Gasteiger partial charge in [0.2, 0.25) is 0 Å². The van der Waals surface area contributed by atoms with E-state index in [0.717, 1.165) is 27.0 Å². The van der Waals surface area contributed by atoms with Gasteiger partial charge in [0.05, 0.1) is 0 Å². The Labute approximate surface area is 200 Å². The predicted molar refractivity (Wildman–Crippen MR) is 134 cm³/mol. The summed E-state index contributed by atoms with van der Waals surface area (Å²) in [6.07, 6.45) is 0.966. The molecule has 1 unspecified atom stereocenters. The van der Waals surface area contributed by atoms with Crippen LogP contribution in [0.2, 0.25) is 5.02 Å². The maximum atomic E-state index is 12.5. The van der Waals surface area contributed by atoms with Crippen molar-refractivity contribution in [3.8, 4) is 0 Å². The number of halogens is 1. The van der Waals surface area contributed by atoms with Crippen LogP contribution >= 0.6 is 11.6 Å². The topological polar surface area (TPSA) is 20.2 Å². The fourth-order valence-electron chi connectivity index (χ4n) is 4.19. The van der Waals surface area contributed by atoms with Gasteiger partial charge in [0, 0.05) is 0 Å². The van der Waals surface area contributed by atoms with Crippen molar-refractivity contribution in [2.45, 2.75) is 17.9 Å². The Hall–Kier alpha value is -2.61. The van der Waals surface area contributed by atoms with Gasteiger partial charge in [-0.25, -0.2) is 0 Å². The van der Waals surface area contributed by atoms with Gasteiger partial charge in [-0.3, -0.25) is 0 Å². The molecule has 0 aliphatic heterocycles. The first-order valence-electron chi connectivity index (χ1n) is 10.7. The number of hydrogen-bond acceptors (Lipinski definition) is 1. The van der Waals surface area contributed by atoms with Crippen molar-refractivity contribution in [3.63, 3.8) is 0 Å². The summed E-state index contributed by atoms with van der Waals surface area (Å²) >= 11 is 6.10. The van der Waals surface area contributed by atoms with Crippen molar-refractivity contribution in [1.82, 2.24) is 0 Å². The van der Waals surface area contributed by atoms with E-state index < -0.39 is 5.60 Å². The third-order valence-electron chi connectivity index (χ3n) is 5.92. The van der Waals surface area contributed by atoms with Gasteiger partial charge in [-0.1, -0.05) is 0 Å². The van der Waals surface area contributed by atoms with Gasteiger partial charge in [0.15, 0.2) is 0 Å². The number of allylic oxidation sites excluding steroid dienone is 1. The van der Waals surface area contributed by atoms with Crippen molar-refractivity contribution in [3.05, 3.63) is 147 Å². The number of rotatable bonds is 6. The monoisotopic (exact) mass is 502 g/mol. The average Bonchev–Trinajstić information content (AvgIpc) is 3.65. The molecule has 0 amide bonds. The molecule has 0 spiro atoms. The standard InChI is InChI=1S/C29H23ClOSe/c30-24-18-16-21(17-19-24)26-20-27(26)28(32-25-14-8-3-9-15-25)29(31,22-10-4-1-5-11-22)23-12-6-2-7-13-23/h1-19,26,31H,20H2/b28-27+. The maximum absolute atomic E-state index is 12.5. The molecule has 3 heteroatoms. The molecule has 1 fully saturated rings. The van der Waals surface area contributed by atoms with Crippen molar-refractivity contribution >= 4 is 31.0 Å². The molecule has 0 bridgehead atoms. The molecule has 1 N–H and O–H groups in total. The molecule has 1 atom stereocenters. The molecule has 32 heavy (non-hydrogen) atoms. The van der Waals surface area contributed by atoms with E-state index in [9.17, 15) is 5.11 Å². The summed E-state index contributed by atoms with van der Waals surface area (Å²) in [4.78, 5) is 0. The fourth-order valence-corrected chi connectivity index (χ4v) is 6.98.